The van der Waals surface area contributed by atoms with Gasteiger partial charge in [-0.1, -0.05) is 6.92 Å². The van der Waals surface area contributed by atoms with Gasteiger partial charge < -0.3 is 19.9 Å². The standard InChI is InChI=1S/C22H28FN3O3S/c1-3-11-25(22(28)24-4-2)14-21(27)26-12-9-20-18(10-13-30-20)19(26)15-29-17-7-5-16(23)6-8-17/h5-8,10,13,19H,3-4,9,11-12,14-15H2,1-2H3,(H,24,28). The first-order valence-corrected chi connectivity index (χ1v) is 11.2. The quantitative estimate of drug-likeness (QED) is 0.688. The fourth-order valence-electron chi connectivity index (χ4n) is 3.62. The third-order valence-electron chi connectivity index (χ3n) is 5.07. The number of hydrogen-bond acceptors (Lipinski definition) is 4. The van der Waals surface area contributed by atoms with E-state index in [2.05, 4.69) is 5.32 Å². The number of fused-ring (bicyclic) bond motifs is 1. The molecule has 2 heterocycles. The molecule has 162 valence electrons. The molecule has 3 amide bonds. The van der Waals surface area contributed by atoms with Gasteiger partial charge in [0.05, 0.1) is 6.04 Å². The molecule has 1 unspecified atom stereocenters. The SMILES string of the molecule is CCCN(CC(=O)N1CCc2sccc2C1COc1ccc(F)cc1)C(=O)NCC. The summed E-state index contributed by atoms with van der Waals surface area (Å²) in [6, 6.07) is 7.43. The summed E-state index contributed by atoms with van der Waals surface area (Å²) in [4.78, 5) is 30.1. The van der Waals surface area contributed by atoms with Crippen LogP contribution in [0.5, 0.6) is 5.75 Å². The first-order valence-electron chi connectivity index (χ1n) is 10.3. The van der Waals surface area contributed by atoms with Crippen LogP contribution in [0, 0.1) is 5.82 Å². The zero-order valence-electron chi connectivity index (χ0n) is 17.4. The van der Waals surface area contributed by atoms with Crippen molar-refractivity contribution in [3.63, 3.8) is 0 Å². The van der Waals surface area contributed by atoms with Crippen LogP contribution in [0.2, 0.25) is 0 Å². The molecule has 6 nitrogen and oxygen atoms in total. The van der Waals surface area contributed by atoms with Crippen molar-refractivity contribution in [2.45, 2.75) is 32.7 Å². The normalized spacial score (nSPS) is 15.4. The lowest BCUT2D eigenvalue weighted by atomic mass is 10.0. The van der Waals surface area contributed by atoms with Gasteiger partial charge in [0.2, 0.25) is 5.91 Å². The van der Waals surface area contributed by atoms with Gasteiger partial charge in [-0.2, -0.15) is 0 Å². The highest BCUT2D eigenvalue weighted by Gasteiger charge is 2.33. The zero-order chi connectivity index (χ0) is 21.5. The van der Waals surface area contributed by atoms with Crippen LogP contribution in [0.4, 0.5) is 9.18 Å². The minimum atomic E-state index is -0.321. The maximum Gasteiger partial charge on any atom is 0.317 e. The van der Waals surface area contributed by atoms with Gasteiger partial charge in [0.15, 0.2) is 0 Å². The van der Waals surface area contributed by atoms with E-state index in [9.17, 15) is 14.0 Å². The summed E-state index contributed by atoms with van der Waals surface area (Å²) < 4.78 is 19.1. The minimum absolute atomic E-state index is 0.0339. The third-order valence-corrected chi connectivity index (χ3v) is 6.07. The Kier molecular flexibility index (Phi) is 7.68. The summed E-state index contributed by atoms with van der Waals surface area (Å²) in [6.45, 7) is 5.76. The smallest absolute Gasteiger partial charge is 0.317 e. The fraction of sp³-hybridized carbons (Fsp3) is 0.455. The third kappa shape index (κ3) is 5.30. The monoisotopic (exact) mass is 433 g/mol. The molecule has 30 heavy (non-hydrogen) atoms. The number of rotatable bonds is 8. The summed E-state index contributed by atoms with van der Waals surface area (Å²) in [6.07, 6.45) is 1.57. The van der Waals surface area contributed by atoms with E-state index in [1.165, 1.54) is 17.0 Å². The molecule has 0 aliphatic carbocycles. The second kappa shape index (κ2) is 10.4. The van der Waals surface area contributed by atoms with Crippen molar-refractivity contribution in [1.29, 1.82) is 0 Å². The summed E-state index contributed by atoms with van der Waals surface area (Å²) in [5.74, 6) is 0.138. The maximum atomic E-state index is 13.2. The molecule has 0 saturated carbocycles. The molecule has 1 aliphatic rings. The average Bonchev–Trinajstić information content (AvgIpc) is 3.22. The molecule has 8 heteroatoms. The van der Waals surface area contributed by atoms with Crippen LogP contribution in [0.25, 0.3) is 0 Å². The van der Waals surface area contributed by atoms with E-state index >= 15 is 0 Å². The molecule has 3 rings (SSSR count). The van der Waals surface area contributed by atoms with Crippen LogP contribution in [0.1, 0.15) is 36.8 Å². The van der Waals surface area contributed by atoms with E-state index in [4.69, 9.17) is 4.74 Å². The van der Waals surface area contributed by atoms with Crippen LogP contribution in [0.3, 0.4) is 0 Å². The Morgan fingerprint density at radius 1 is 1.27 bits per heavy atom. The molecular formula is C22H28FN3O3S. The average molecular weight is 434 g/mol. The summed E-state index contributed by atoms with van der Waals surface area (Å²) >= 11 is 1.68. The fourth-order valence-corrected chi connectivity index (χ4v) is 4.55. The Morgan fingerprint density at radius 3 is 2.73 bits per heavy atom. The number of benzene rings is 1. The Morgan fingerprint density at radius 2 is 2.03 bits per heavy atom. The number of nitrogens with one attached hydrogen (secondary N) is 1. The van der Waals surface area contributed by atoms with Gasteiger partial charge in [0.1, 0.15) is 24.7 Å². The predicted octanol–water partition coefficient (Wildman–Crippen LogP) is 3.83. The molecule has 1 aliphatic heterocycles. The molecule has 1 aromatic carbocycles. The van der Waals surface area contributed by atoms with Gasteiger partial charge in [-0.15, -0.1) is 11.3 Å². The van der Waals surface area contributed by atoms with Gasteiger partial charge in [-0.05, 0) is 61.0 Å². The van der Waals surface area contributed by atoms with Gasteiger partial charge >= 0.3 is 6.03 Å². The van der Waals surface area contributed by atoms with Gasteiger partial charge in [0, 0.05) is 24.5 Å². The number of nitrogens with zero attached hydrogens (tertiary/aromatic N) is 2. The molecule has 0 spiro atoms. The summed E-state index contributed by atoms with van der Waals surface area (Å²) in [5.41, 5.74) is 1.08. The van der Waals surface area contributed by atoms with E-state index in [0.717, 1.165) is 18.4 Å². The number of hydrogen-bond donors (Lipinski definition) is 1. The number of carbonyl (C=O) groups is 2. The molecular weight excluding hydrogens is 405 g/mol. The van der Waals surface area contributed by atoms with Crippen molar-refractivity contribution >= 4 is 23.3 Å². The molecule has 0 radical (unpaired) electrons. The second-order valence-corrected chi connectivity index (χ2v) is 8.17. The van der Waals surface area contributed by atoms with Crippen LogP contribution in [-0.4, -0.2) is 54.5 Å². The van der Waals surface area contributed by atoms with Crippen molar-refractivity contribution in [1.82, 2.24) is 15.1 Å². The van der Waals surface area contributed by atoms with E-state index in [1.807, 2.05) is 25.3 Å². The first-order chi connectivity index (χ1) is 14.5. The number of urea groups is 1. The Balaban J connectivity index is 1.74. The number of halogens is 1. The Hall–Kier alpha value is -2.61. The second-order valence-electron chi connectivity index (χ2n) is 7.17. The van der Waals surface area contributed by atoms with E-state index < -0.39 is 0 Å². The van der Waals surface area contributed by atoms with Crippen molar-refractivity contribution in [2.75, 3.05) is 32.8 Å². The van der Waals surface area contributed by atoms with Gasteiger partial charge in [0.25, 0.3) is 0 Å². The van der Waals surface area contributed by atoms with E-state index in [-0.39, 0.29) is 36.9 Å². The topological polar surface area (TPSA) is 61.9 Å². The molecule has 1 N–H and O–H groups in total. The number of carbonyl (C=O) groups excluding carboxylic acids is 2. The number of amides is 3. The highest BCUT2D eigenvalue weighted by atomic mass is 32.1. The zero-order valence-corrected chi connectivity index (χ0v) is 18.2. The molecule has 0 bridgehead atoms. The lowest BCUT2D eigenvalue weighted by Gasteiger charge is -2.37. The summed E-state index contributed by atoms with van der Waals surface area (Å²) in [5, 5.41) is 4.80. The van der Waals surface area contributed by atoms with Gasteiger partial charge in [-0.3, -0.25) is 4.79 Å². The van der Waals surface area contributed by atoms with Crippen LogP contribution in [0.15, 0.2) is 35.7 Å². The van der Waals surface area contributed by atoms with Crippen molar-refractivity contribution < 1.29 is 18.7 Å². The lowest BCUT2D eigenvalue weighted by Crippen LogP contribution is -2.50. The Bertz CT molecular complexity index is 856. The lowest BCUT2D eigenvalue weighted by molar-refractivity contribution is -0.135. The molecule has 1 aromatic heterocycles. The number of ether oxygens (including phenoxy) is 1. The van der Waals surface area contributed by atoms with Crippen LogP contribution in [-0.2, 0) is 11.2 Å². The van der Waals surface area contributed by atoms with Crippen LogP contribution >= 0.6 is 11.3 Å². The van der Waals surface area contributed by atoms with Crippen molar-refractivity contribution in [3.05, 3.63) is 52.0 Å². The largest absolute Gasteiger partial charge is 0.491 e. The van der Waals surface area contributed by atoms with Crippen molar-refractivity contribution in [2.24, 2.45) is 0 Å². The molecule has 0 fully saturated rings. The van der Waals surface area contributed by atoms with E-state index in [0.29, 0.717) is 25.4 Å². The van der Waals surface area contributed by atoms with Crippen molar-refractivity contribution in [3.8, 4) is 5.75 Å². The molecule has 2 aromatic rings. The van der Waals surface area contributed by atoms with E-state index in [1.54, 1.807) is 33.3 Å². The predicted molar refractivity (Wildman–Crippen MR) is 115 cm³/mol. The van der Waals surface area contributed by atoms with Gasteiger partial charge in [-0.25, -0.2) is 9.18 Å². The summed E-state index contributed by atoms with van der Waals surface area (Å²) in [7, 11) is 0. The number of thiophene rings is 1. The molecule has 0 saturated heterocycles. The first kappa shape index (κ1) is 22.1. The Labute approximate surface area is 180 Å². The van der Waals surface area contributed by atoms with Crippen LogP contribution < -0.4 is 10.1 Å². The minimum Gasteiger partial charge on any atom is -0.491 e. The highest BCUT2D eigenvalue weighted by Crippen LogP contribution is 2.34. The maximum absolute atomic E-state index is 13.2. The highest BCUT2D eigenvalue weighted by molar-refractivity contribution is 7.10. The molecule has 1 atom stereocenters.